The highest BCUT2D eigenvalue weighted by Crippen LogP contribution is 2.28. The second-order valence-electron chi connectivity index (χ2n) is 7.87. The molecule has 1 aliphatic rings. The van der Waals surface area contributed by atoms with Gasteiger partial charge in [-0.25, -0.2) is 0 Å². The van der Waals surface area contributed by atoms with Crippen molar-refractivity contribution in [3.8, 4) is 5.75 Å². The number of halogens is 1. The first-order chi connectivity index (χ1) is 15.1. The lowest BCUT2D eigenvalue weighted by molar-refractivity contribution is 0.0958. The van der Waals surface area contributed by atoms with Gasteiger partial charge >= 0.3 is 0 Å². The van der Waals surface area contributed by atoms with Gasteiger partial charge < -0.3 is 9.64 Å². The van der Waals surface area contributed by atoms with Gasteiger partial charge in [0, 0.05) is 41.9 Å². The molecular weight excluding hydrogens is 408 g/mol. The van der Waals surface area contributed by atoms with Crippen molar-refractivity contribution in [2.75, 3.05) is 25.1 Å². The smallest absolute Gasteiger partial charge is 0.258 e. The SMILES string of the molecule is COc1ccc(N(C(=O)c2ccccc2)C2CCN(Cc3ccc(Cl)cc3)CC2)cc1. The fourth-order valence-electron chi connectivity index (χ4n) is 4.14. The van der Waals surface area contributed by atoms with Crippen molar-refractivity contribution in [2.45, 2.75) is 25.4 Å². The van der Waals surface area contributed by atoms with Crippen molar-refractivity contribution < 1.29 is 9.53 Å². The molecule has 0 unspecified atom stereocenters. The van der Waals surface area contributed by atoms with E-state index < -0.39 is 0 Å². The summed E-state index contributed by atoms with van der Waals surface area (Å²) in [6.07, 6.45) is 1.86. The summed E-state index contributed by atoms with van der Waals surface area (Å²) in [5, 5.41) is 0.761. The van der Waals surface area contributed by atoms with Crippen molar-refractivity contribution >= 4 is 23.2 Å². The summed E-state index contributed by atoms with van der Waals surface area (Å²) in [7, 11) is 1.65. The summed E-state index contributed by atoms with van der Waals surface area (Å²) in [4.78, 5) is 17.9. The van der Waals surface area contributed by atoms with Crippen LogP contribution in [0.3, 0.4) is 0 Å². The van der Waals surface area contributed by atoms with Gasteiger partial charge in [-0.15, -0.1) is 0 Å². The summed E-state index contributed by atoms with van der Waals surface area (Å²) in [5.74, 6) is 0.829. The molecule has 1 amide bonds. The average Bonchev–Trinajstić information content (AvgIpc) is 2.83. The molecule has 0 aliphatic carbocycles. The number of ether oxygens (including phenoxy) is 1. The Morgan fingerprint density at radius 2 is 1.61 bits per heavy atom. The number of likely N-dealkylation sites (tertiary alicyclic amines) is 1. The predicted molar refractivity (Wildman–Crippen MR) is 126 cm³/mol. The third-order valence-electron chi connectivity index (χ3n) is 5.83. The van der Waals surface area contributed by atoms with Crippen LogP contribution in [0.4, 0.5) is 5.69 Å². The van der Waals surface area contributed by atoms with Crippen molar-refractivity contribution in [3.63, 3.8) is 0 Å². The van der Waals surface area contributed by atoms with E-state index in [1.165, 1.54) is 5.56 Å². The zero-order valence-electron chi connectivity index (χ0n) is 17.7. The van der Waals surface area contributed by atoms with Gasteiger partial charge in [0.15, 0.2) is 0 Å². The number of benzene rings is 3. The Labute approximate surface area is 189 Å². The Balaban J connectivity index is 1.50. The maximum absolute atomic E-state index is 13.5. The lowest BCUT2D eigenvalue weighted by Gasteiger charge is -2.38. The molecule has 0 radical (unpaired) electrons. The Hall–Kier alpha value is -2.82. The number of carbonyl (C=O) groups excluding carboxylic acids is 1. The predicted octanol–water partition coefficient (Wildman–Crippen LogP) is 5.66. The molecule has 1 heterocycles. The topological polar surface area (TPSA) is 32.8 Å². The van der Waals surface area contributed by atoms with Crippen LogP contribution in [0.1, 0.15) is 28.8 Å². The van der Waals surface area contributed by atoms with Crippen molar-refractivity contribution in [3.05, 3.63) is 95.0 Å². The van der Waals surface area contributed by atoms with Gasteiger partial charge in [0.2, 0.25) is 0 Å². The van der Waals surface area contributed by atoms with Crippen LogP contribution < -0.4 is 9.64 Å². The molecule has 1 saturated heterocycles. The van der Waals surface area contributed by atoms with Gasteiger partial charge in [-0.05, 0) is 66.9 Å². The monoisotopic (exact) mass is 434 g/mol. The van der Waals surface area contributed by atoms with Crippen LogP contribution >= 0.6 is 11.6 Å². The minimum atomic E-state index is 0.0434. The zero-order chi connectivity index (χ0) is 21.6. The van der Waals surface area contributed by atoms with Crippen LogP contribution in [0.5, 0.6) is 5.75 Å². The number of anilines is 1. The summed E-state index contributed by atoms with van der Waals surface area (Å²) in [6, 6.07) is 25.5. The molecule has 0 saturated carbocycles. The minimum Gasteiger partial charge on any atom is -0.497 e. The lowest BCUT2D eigenvalue weighted by Crippen LogP contribution is -2.47. The Morgan fingerprint density at radius 3 is 2.23 bits per heavy atom. The number of carbonyl (C=O) groups is 1. The molecule has 5 heteroatoms. The molecule has 0 spiro atoms. The molecule has 0 bridgehead atoms. The summed E-state index contributed by atoms with van der Waals surface area (Å²) < 4.78 is 5.30. The quantitative estimate of drug-likeness (QED) is 0.501. The third kappa shape index (κ3) is 5.27. The van der Waals surface area contributed by atoms with Crippen LogP contribution in [0.15, 0.2) is 78.9 Å². The summed E-state index contributed by atoms with van der Waals surface area (Å²) in [5.41, 5.74) is 2.88. The molecule has 1 aliphatic heterocycles. The van der Waals surface area contributed by atoms with Crippen LogP contribution in [-0.4, -0.2) is 37.0 Å². The van der Waals surface area contributed by atoms with E-state index in [2.05, 4.69) is 17.0 Å². The zero-order valence-corrected chi connectivity index (χ0v) is 18.5. The second kappa shape index (κ2) is 9.99. The second-order valence-corrected chi connectivity index (χ2v) is 8.31. The standard InChI is InChI=1S/C26H27ClN2O2/c1-31-25-13-11-23(12-14-25)29(26(30)21-5-3-2-4-6-21)24-15-17-28(18-16-24)19-20-7-9-22(27)10-8-20/h2-14,24H,15-19H2,1H3. The number of nitrogens with zero attached hydrogens (tertiary/aromatic N) is 2. The van der Waals surface area contributed by atoms with E-state index >= 15 is 0 Å². The Bertz CT molecular complexity index is 982. The number of hydrogen-bond donors (Lipinski definition) is 0. The molecule has 4 nitrogen and oxygen atoms in total. The Kier molecular flexibility index (Phi) is 6.90. The lowest BCUT2D eigenvalue weighted by atomic mass is 10.00. The molecule has 4 rings (SSSR count). The molecule has 1 fully saturated rings. The first-order valence-electron chi connectivity index (χ1n) is 10.6. The molecule has 31 heavy (non-hydrogen) atoms. The first kappa shape index (κ1) is 21.4. The highest BCUT2D eigenvalue weighted by molar-refractivity contribution is 6.30. The molecule has 0 N–H and O–H groups in total. The number of piperidine rings is 1. The maximum atomic E-state index is 13.5. The van der Waals surface area contributed by atoms with Crippen molar-refractivity contribution in [2.24, 2.45) is 0 Å². The summed E-state index contributed by atoms with van der Waals surface area (Å²) >= 11 is 6.01. The highest BCUT2D eigenvalue weighted by atomic mass is 35.5. The Morgan fingerprint density at radius 1 is 0.968 bits per heavy atom. The van der Waals surface area contributed by atoms with Crippen molar-refractivity contribution in [1.29, 1.82) is 0 Å². The van der Waals surface area contributed by atoms with E-state index in [0.717, 1.165) is 48.9 Å². The third-order valence-corrected chi connectivity index (χ3v) is 6.08. The minimum absolute atomic E-state index is 0.0434. The van der Waals surface area contributed by atoms with Crippen LogP contribution in [0.2, 0.25) is 5.02 Å². The normalized spacial score (nSPS) is 14.9. The molecule has 0 atom stereocenters. The van der Waals surface area contributed by atoms with Crippen LogP contribution in [0, 0.1) is 0 Å². The van der Waals surface area contributed by atoms with Crippen LogP contribution in [-0.2, 0) is 6.54 Å². The number of hydrogen-bond acceptors (Lipinski definition) is 3. The van der Waals surface area contributed by atoms with Gasteiger partial charge in [0.25, 0.3) is 5.91 Å². The first-order valence-corrected chi connectivity index (χ1v) is 11.0. The molecule has 160 valence electrons. The number of rotatable bonds is 6. The van der Waals surface area contributed by atoms with Crippen LogP contribution in [0.25, 0.3) is 0 Å². The molecular formula is C26H27ClN2O2. The summed E-state index contributed by atoms with van der Waals surface area (Å²) in [6.45, 7) is 2.79. The highest BCUT2D eigenvalue weighted by Gasteiger charge is 2.30. The van der Waals surface area contributed by atoms with Gasteiger partial charge in [-0.2, -0.15) is 0 Å². The fourth-order valence-corrected chi connectivity index (χ4v) is 4.27. The van der Waals surface area contributed by atoms with E-state index in [9.17, 15) is 4.79 Å². The average molecular weight is 435 g/mol. The van der Waals surface area contributed by atoms with Gasteiger partial charge in [0.05, 0.1) is 7.11 Å². The molecule has 0 aromatic heterocycles. The fraction of sp³-hybridized carbons (Fsp3) is 0.269. The van der Waals surface area contributed by atoms with E-state index in [4.69, 9.17) is 16.3 Å². The van der Waals surface area contributed by atoms with Gasteiger partial charge in [-0.1, -0.05) is 41.9 Å². The van der Waals surface area contributed by atoms with Crippen molar-refractivity contribution in [1.82, 2.24) is 4.90 Å². The van der Waals surface area contributed by atoms with Gasteiger partial charge in [0.1, 0.15) is 5.75 Å². The van der Waals surface area contributed by atoms with E-state index in [-0.39, 0.29) is 11.9 Å². The number of amides is 1. The largest absolute Gasteiger partial charge is 0.497 e. The van der Waals surface area contributed by atoms with E-state index in [1.807, 2.05) is 71.6 Å². The van der Waals surface area contributed by atoms with Gasteiger partial charge in [-0.3, -0.25) is 9.69 Å². The molecule has 3 aromatic carbocycles. The maximum Gasteiger partial charge on any atom is 0.258 e. The molecule has 3 aromatic rings. The van der Waals surface area contributed by atoms with E-state index in [1.54, 1.807) is 7.11 Å². The van der Waals surface area contributed by atoms with E-state index in [0.29, 0.717) is 5.56 Å². The number of methoxy groups -OCH3 is 1.